The van der Waals surface area contributed by atoms with E-state index in [1.54, 1.807) is 0 Å². The summed E-state index contributed by atoms with van der Waals surface area (Å²) in [6.07, 6.45) is 2.65. The molecule has 0 bridgehead atoms. The normalized spacial score (nSPS) is 14.7. The number of hydrogen-bond acceptors (Lipinski definition) is 3. The van der Waals surface area contributed by atoms with E-state index in [0.717, 1.165) is 6.54 Å². The molecule has 0 atom stereocenters. The Morgan fingerprint density at radius 1 is 1.19 bits per heavy atom. The summed E-state index contributed by atoms with van der Waals surface area (Å²) in [5, 5.41) is 3.56. The molecule has 2 nitrogen and oxygen atoms in total. The summed E-state index contributed by atoms with van der Waals surface area (Å²) in [6.45, 7) is 7.64. The Bertz CT molecular complexity index is 610. The molecule has 0 amide bonds. The van der Waals surface area contributed by atoms with Crippen molar-refractivity contribution in [3.8, 4) is 0 Å². The first-order valence-corrected chi connectivity index (χ1v) is 9.09. The van der Waals surface area contributed by atoms with Gasteiger partial charge in [0.05, 0.1) is 0 Å². The molecule has 112 valence electrons. The van der Waals surface area contributed by atoms with Crippen molar-refractivity contribution in [3.63, 3.8) is 0 Å². The fourth-order valence-corrected chi connectivity index (χ4v) is 4.35. The number of rotatable bonds is 4. The molecule has 21 heavy (non-hydrogen) atoms. The topological polar surface area (TPSA) is 15.3 Å². The van der Waals surface area contributed by atoms with Gasteiger partial charge in [-0.15, -0.1) is 11.3 Å². The van der Waals surface area contributed by atoms with Crippen LogP contribution in [0.5, 0.6) is 0 Å². The highest BCUT2D eigenvalue weighted by molar-refractivity contribution is 9.10. The van der Waals surface area contributed by atoms with Crippen LogP contribution in [0.15, 0.2) is 28.7 Å². The summed E-state index contributed by atoms with van der Waals surface area (Å²) in [5.41, 5.74) is 3.93. The lowest BCUT2D eigenvalue weighted by atomic mass is 10.1. The van der Waals surface area contributed by atoms with Crippen molar-refractivity contribution >= 4 is 38.6 Å². The molecule has 1 fully saturated rings. The second-order valence-corrected chi connectivity index (χ2v) is 7.86. The number of benzene rings is 1. The summed E-state index contributed by atoms with van der Waals surface area (Å²) in [7, 11) is 0. The highest BCUT2D eigenvalue weighted by atomic mass is 79.9. The van der Waals surface area contributed by atoms with Crippen molar-refractivity contribution in [2.45, 2.75) is 33.2 Å². The Balaban J connectivity index is 1.68. The van der Waals surface area contributed by atoms with E-state index in [9.17, 15) is 0 Å². The zero-order valence-electron chi connectivity index (χ0n) is 12.6. The van der Waals surface area contributed by atoms with E-state index in [4.69, 9.17) is 0 Å². The largest absolute Gasteiger partial charge is 0.380 e. The van der Waals surface area contributed by atoms with Gasteiger partial charge in [0.25, 0.3) is 0 Å². The van der Waals surface area contributed by atoms with E-state index in [1.165, 1.54) is 57.1 Å². The first-order chi connectivity index (χ1) is 10.1. The van der Waals surface area contributed by atoms with Crippen LogP contribution in [0.3, 0.4) is 0 Å². The predicted molar refractivity (Wildman–Crippen MR) is 96.7 cm³/mol. The Morgan fingerprint density at radius 2 is 1.95 bits per heavy atom. The molecule has 1 aliphatic rings. The number of anilines is 2. The molecule has 2 aromatic rings. The molecule has 0 aliphatic carbocycles. The standard InChI is InChI=1S/C17H21BrN2S/c1-12-9-14(20-7-3-4-8-20)5-6-17(12)19-11-15-10-16(18)13(2)21-15/h5-6,9-10,19H,3-4,7-8,11H2,1-2H3. The molecule has 1 aromatic carbocycles. The maximum atomic E-state index is 3.58. The van der Waals surface area contributed by atoms with Crippen LogP contribution in [0.4, 0.5) is 11.4 Å². The van der Waals surface area contributed by atoms with E-state index in [0.29, 0.717) is 0 Å². The van der Waals surface area contributed by atoms with Gasteiger partial charge in [-0.3, -0.25) is 0 Å². The second kappa shape index (κ2) is 6.41. The van der Waals surface area contributed by atoms with Gasteiger partial charge in [0.1, 0.15) is 0 Å². The molecule has 0 spiro atoms. The summed E-state index contributed by atoms with van der Waals surface area (Å²) in [5.74, 6) is 0. The Labute approximate surface area is 139 Å². The maximum Gasteiger partial charge on any atom is 0.0494 e. The molecule has 4 heteroatoms. The van der Waals surface area contributed by atoms with Crippen molar-refractivity contribution in [2.75, 3.05) is 23.3 Å². The van der Waals surface area contributed by atoms with Gasteiger partial charge in [-0.1, -0.05) is 0 Å². The van der Waals surface area contributed by atoms with Crippen LogP contribution in [0.2, 0.25) is 0 Å². The second-order valence-electron chi connectivity index (χ2n) is 5.66. The third-order valence-corrected chi connectivity index (χ3v) is 6.18. The van der Waals surface area contributed by atoms with Crippen LogP contribution in [0.1, 0.15) is 28.2 Å². The van der Waals surface area contributed by atoms with Crippen molar-refractivity contribution in [3.05, 3.63) is 44.1 Å². The molecule has 0 unspecified atom stereocenters. The van der Waals surface area contributed by atoms with Gasteiger partial charge in [-0.25, -0.2) is 0 Å². The van der Waals surface area contributed by atoms with Crippen LogP contribution >= 0.6 is 27.3 Å². The quantitative estimate of drug-likeness (QED) is 0.787. The fraction of sp³-hybridized carbons (Fsp3) is 0.412. The number of halogens is 1. The predicted octanol–water partition coefficient (Wildman–Crippen LogP) is 5.34. The van der Waals surface area contributed by atoms with Gasteiger partial charge in [0, 0.05) is 45.2 Å². The van der Waals surface area contributed by atoms with Crippen LogP contribution in [-0.4, -0.2) is 13.1 Å². The van der Waals surface area contributed by atoms with Crippen molar-refractivity contribution in [1.29, 1.82) is 0 Å². The number of nitrogens with zero attached hydrogens (tertiary/aromatic N) is 1. The van der Waals surface area contributed by atoms with E-state index >= 15 is 0 Å². The molecule has 1 saturated heterocycles. The van der Waals surface area contributed by atoms with Crippen molar-refractivity contribution in [2.24, 2.45) is 0 Å². The number of nitrogens with one attached hydrogen (secondary N) is 1. The summed E-state index contributed by atoms with van der Waals surface area (Å²) >= 11 is 5.43. The Morgan fingerprint density at radius 3 is 2.57 bits per heavy atom. The van der Waals surface area contributed by atoms with Crippen LogP contribution in [0.25, 0.3) is 0 Å². The van der Waals surface area contributed by atoms with Crippen LogP contribution in [-0.2, 0) is 6.54 Å². The van der Waals surface area contributed by atoms with Crippen molar-refractivity contribution in [1.82, 2.24) is 0 Å². The van der Waals surface area contributed by atoms with Crippen LogP contribution < -0.4 is 10.2 Å². The maximum absolute atomic E-state index is 3.58. The average molecular weight is 365 g/mol. The van der Waals surface area contributed by atoms with Gasteiger partial charge in [0.15, 0.2) is 0 Å². The van der Waals surface area contributed by atoms with E-state index in [-0.39, 0.29) is 0 Å². The zero-order chi connectivity index (χ0) is 14.8. The highest BCUT2D eigenvalue weighted by Gasteiger charge is 2.13. The lowest BCUT2D eigenvalue weighted by Gasteiger charge is -2.19. The molecule has 3 rings (SSSR count). The Hall–Kier alpha value is -1.000. The zero-order valence-corrected chi connectivity index (χ0v) is 15.0. The lowest BCUT2D eigenvalue weighted by Crippen LogP contribution is -2.17. The molecule has 0 saturated carbocycles. The van der Waals surface area contributed by atoms with Crippen LogP contribution in [0, 0.1) is 13.8 Å². The van der Waals surface area contributed by atoms with Gasteiger partial charge in [-0.2, -0.15) is 0 Å². The average Bonchev–Trinajstić information content (AvgIpc) is 3.08. The van der Waals surface area contributed by atoms with Gasteiger partial charge < -0.3 is 10.2 Å². The third kappa shape index (κ3) is 3.43. The molecule has 1 aliphatic heterocycles. The lowest BCUT2D eigenvalue weighted by molar-refractivity contribution is 0.949. The number of thiophene rings is 1. The molecule has 2 heterocycles. The monoisotopic (exact) mass is 364 g/mol. The van der Waals surface area contributed by atoms with E-state index in [2.05, 4.69) is 64.3 Å². The molecule has 1 aromatic heterocycles. The van der Waals surface area contributed by atoms with E-state index < -0.39 is 0 Å². The molecule has 0 radical (unpaired) electrons. The minimum Gasteiger partial charge on any atom is -0.380 e. The molecular formula is C17H21BrN2S. The Kier molecular flexibility index (Phi) is 4.55. The molecule has 1 N–H and O–H groups in total. The summed E-state index contributed by atoms with van der Waals surface area (Å²) in [6, 6.07) is 8.99. The minimum absolute atomic E-state index is 0.890. The summed E-state index contributed by atoms with van der Waals surface area (Å²) < 4.78 is 1.21. The molecular weight excluding hydrogens is 344 g/mol. The SMILES string of the molecule is Cc1cc(N2CCCC2)ccc1NCc1cc(Br)c(C)s1. The van der Waals surface area contributed by atoms with Gasteiger partial charge in [0.2, 0.25) is 0 Å². The highest BCUT2D eigenvalue weighted by Crippen LogP contribution is 2.29. The van der Waals surface area contributed by atoms with Gasteiger partial charge >= 0.3 is 0 Å². The fourth-order valence-electron chi connectivity index (χ4n) is 2.81. The third-order valence-electron chi connectivity index (χ3n) is 4.04. The van der Waals surface area contributed by atoms with E-state index in [1.807, 2.05) is 11.3 Å². The minimum atomic E-state index is 0.890. The number of aryl methyl sites for hydroxylation is 2. The first kappa shape index (κ1) is 14.9. The van der Waals surface area contributed by atoms with Crippen molar-refractivity contribution < 1.29 is 0 Å². The summed E-state index contributed by atoms with van der Waals surface area (Å²) in [4.78, 5) is 5.19. The number of hydrogen-bond donors (Lipinski definition) is 1. The van der Waals surface area contributed by atoms with Gasteiger partial charge in [-0.05, 0) is 72.4 Å². The first-order valence-electron chi connectivity index (χ1n) is 7.48. The smallest absolute Gasteiger partial charge is 0.0494 e.